The van der Waals surface area contributed by atoms with Gasteiger partial charge in [0.2, 0.25) is 15.9 Å². The summed E-state index contributed by atoms with van der Waals surface area (Å²) in [7, 11) is -3.58. The van der Waals surface area contributed by atoms with Crippen LogP contribution in [0.25, 0.3) is 0 Å². The number of carbonyl (C=O) groups excluding carboxylic acids is 1. The molecule has 0 aliphatic heterocycles. The lowest BCUT2D eigenvalue weighted by Crippen LogP contribution is -2.13. The average Bonchev–Trinajstić information content (AvgIpc) is 2.41. The van der Waals surface area contributed by atoms with Crippen molar-refractivity contribution in [1.82, 2.24) is 0 Å². The lowest BCUT2D eigenvalue weighted by atomic mass is 10.1. The average molecular weight is 368 g/mol. The van der Waals surface area contributed by atoms with Crippen LogP contribution in [0.5, 0.6) is 0 Å². The van der Waals surface area contributed by atoms with Crippen LogP contribution in [-0.2, 0) is 14.8 Å². The van der Waals surface area contributed by atoms with Gasteiger partial charge < -0.3 is 11.1 Å². The standard InChI is InChI=1S/C14H22FN3O3S.ClH/c1-22(20,21)18-13-10-11(7-8-12(13)15)17-14(19)6-4-2-3-5-9-16;/h7-8,10,18H,2-6,9,16H2,1H3,(H,17,19);1H. The van der Waals surface area contributed by atoms with Gasteiger partial charge in [-0.3, -0.25) is 9.52 Å². The van der Waals surface area contributed by atoms with E-state index in [1.165, 1.54) is 12.1 Å². The number of amides is 1. The molecule has 1 aromatic carbocycles. The van der Waals surface area contributed by atoms with E-state index < -0.39 is 15.8 Å². The van der Waals surface area contributed by atoms with Gasteiger partial charge in [-0.05, 0) is 37.6 Å². The molecule has 0 saturated heterocycles. The molecular formula is C14H23ClFN3O3S. The van der Waals surface area contributed by atoms with E-state index in [-0.39, 0.29) is 24.0 Å². The van der Waals surface area contributed by atoms with Crippen LogP contribution in [0.15, 0.2) is 18.2 Å². The molecule has 0 saturated carbocycles. The van der Waals surface area contributed by atoms with Gasteiger partial charge in [0.25, 0.3) is 0 Å². The van der Waals surface area contributed by atoms with E-state index in [1.54, 1.807) is 0 Å². The highest BCUT2D eigenvalue weighted by Crippen LogP contribution is 2.20. The second-order valence-electron chi connectivity index (χ2n) is 5.07. The number of rotatable bonds is 9. The summed E-state index contributed by atoms with van der Waals surface area (Å²) in [6.45, 7) is 0.651. The number of nitrogens with one attached hydrogen (secondary N) is 2. The predicted molar refractivity (Wildman–Crippen MR) is 92.9 cm³/mol. The molecule has 23 heavy (non-hydrogen) atoms. The van der Waals surface area contributed by atoms with Crippen molar-refractivity contribution in [3.63, 3.8) is 0 Å². The van der Waals surface area contributed by atoms with Gasteiger partial charge in [-0.2, -0.15) is 0 Å². The van der Waals surface area contributed by atoms with E-state index in [0.717, 1.165) is 38.0 Å². The smallest absolute Gasteiger partial charge is 0.229 e. The number of hydrogen-bond donors (Lipinski definition) is 3. The van der Waals surface area contributed by atoms with Crippen LogP contribution in [0.3, 0.4) is 0 Å². The zero-order valence-electron chi connectivity index (χ0n) is 13.0. The number of anilines is 2. The van der Waals surface area contributed by atoms with Crippen LogP contribution in [-0.4, -0.2) is 27.1 Å². The van der Waals surface area contributed by atoms with Crippen LogP contribution in [0.2, 0.25) is 0 Å². The fraction of sp³-hybridized carbons (Fsp3) is 0.500. The molecule has 0 fully saturated rings. The van der Waals surface area contributed by atoms with Crippen molar-refractivity contribution in [2.75, 3.05) is 22.8 Å². The van der Waals surface area contributed by atoms with E-state index in [1.807, 2.05) is 0 Å². The van der Waals surface area contributed by atoms with Gasteiger partial charge >= 0.3 is 0 Å². The molecule has 0 bridgehead atoms. The molecule has 0 spiro atoms. The minimum absolute atomic E-state index is 0. The topological polar surface area (TPSA) is 101 Å². The van der Waals surface area contributed by atoms with Crippen molar-refractivity contribution in [3.8, 4) is 0 Å². The first-order valence-electron chi connectivity index (χ1n) is 7.09. The van der Waals surface area contributed by atoms with E-state index in [9.17, 15) is 17.6 Å². The Labute approximate surface area is 142 Å². The third-order valence-corrected chi connectivity index (χ3v) is 3.49. The molecule has 0 atom stereocenters. The molecule has 0 aliphatic carbocycles. The minimum Gasteiger partial charge on any atom is -0.330 e. The molecule has 4 N–H and O–H groups in total. The van der Waals surface area contributed by atoms with Gasteiger partial charge in [0.05, 0.1) is 11.9 Å². The summed E-state index contributed by atoms with van der Waals surface area (Å²) >= 11 is 0. The second-order valence-corrected chi connectivity index (χ2v) is 6.82. The molecule has 0 unspecified atom stereocenters. The Kier molecular flexibility index (Phi) is 9.78. The minimum atomic E-state index is -3.58. The molecule has 0 heterocycles. The number of benzene rings is 1. The number of hydrogen-bond acceptors (Lipinski definition) is 4. The van der Waals surface area contributed by atoms with Crippen molar-refractivity contribution in [3.05, 3.63) is 24.0 Å². The van der Waals surface area contributed by atoms with E-state index in [2.05, 4.69) is 10.0 Å². The van der Waals surface area contributed by atoms with Crippen molar-refractivity contribution < 1.29 is 17.6 Å². The molecule has 0 aromatic heterocycles. The van der Waals surface area contributed by atoms with Gasteiger partial charge in [-0.15, -0.1) is 12.4 Å². The predicted octanol–water partition coefficient (Wildman–Crippen LogP) is 2.47. The van der Waals surface area contributed by atoms with Crippen LogP contribution in [0, 0.1) is 5.82 Å². The first kappa shape index (κ1) is 21.6. The summed E-state index contributed by atoms with van der Waals surface area (Å²) in [5.74, 6) is -0.894. The lowest BCUT2D eigenvalue weighted by Gasteiger charge is -2.09. The molecule has 0 aliphatic rings. The van der Waals surface area contributed by atoms with Crippen molar-refractivity contribution in [2.45, 2.75) is 32.1 Å². The Balaban J connectivity index is 0.00000484. The maximum atomic E-state index is 13.5. The van der Waals surface area contributed by atoms with Crippen LogP contribution >= 0.6 is 12.4 Å². The Morgan fingerprint density at radius 3 is 2.48 bits per heavy atom. The summed E-state index contributed by atoms with van der Waals surface area (Å²) in [6.07, 6.45) is 4.90. The maximum Gasteiger partial charge on any atom is 0.229 e. The number of halogens is 2. The van der Waals surface area contributed by atoms with E-state index >= 15 is 0 Å². The van der Waals surface area contributed by atoms with Gasteiger partial charge in [0.15, 0.2) is 0 Å². The van der Waals surface area contributed by atoms with Crippen LogP contribution in [0.4, 0.5) is 15.8 Å². The Bertz CT molecular complexity index is 611. The maximum absolute atomic E-state index is 13.5. The summed E-state index contributed by atoms with van der Waals surface area (Å²) in [5, 5.41) is 2.62. The molecule has 6 nitrogen and oxygen atoms in total. The number of nitrogens with two attached hydrogens (primary N) is 1. The molecule has 9 heteroatoms. The molecular weight excluding hydrogens is 345 g/mol. The Morgan fingerprint density at radius 2 is 1.87 bits per heavy atom. The lowest BCUT2D eigenvalue weighted by molar-refractivity contribution is -0.116. The fourth-order valence-electron chi connectivity index (χ4n) is 1.89. The molecule has 1 rings (SSSR count). The van der Waals surface area contributed by atoms with Crippen molar-refractivity contribution in [2.24, 2.45) is 5.73 Å². The third-order valence-electron chi connectivity index (χ3n) is 2.90. The summed E-state index contributed by atoms with van der Waals surface area (Å²) < 4.78 is 37.9. The highest BCUT2D eigenvalue weighted by atomic mass is 35.5. The quantitative estimate of drug-likeness (QED) is 0.583. The van der Waals surface area contributed by atoms with Crippen molar-refractivity contribution >= 4 is 39.7 Å². The highest BCUT2D eigenvalue weighted by Gasteiger charge is 2.10. The normalized spacial score (nSPS) is 10.7. The largest absolute Gasteiger partial charge is 0.330 e. The zero-order chi connectivity index (χ0) is 16.6. The monoisotopic (exact) mass is 367 g/mol. The molecule has 0 radical (unpaired) electrons. The molecule has 132 valence electrons. The van der Waals surface area contributed by atoms with Gasteiger partial charge in [-0.25, -0.2) is 12.8 Å². The number of carbonyl (C=O) groups is 1. The van der Waals surface area contributed by atoms with Gasteiger partial charge in [0.1, 0.15) is 5.82 Å². The first-order chi connectivity index (χ1) is 10.3. The first-order valence-corrected chi connectivity index (χ1v) is 8.98. The second kappa shape index (κ2) is 10.4. The third kappa shape index (κ3) is 9.37. The number of unbranched alkanes of at least 4 members (excludes halogenated alkanes) is 3. The summed E-state index contributed by atoms with van der Waals surface area (Å²) in [6, 6.07) is 3.74. The van der Waals surface area contributed by atoms with Crippen LogP contribution < -0.4 is 15.8 Å². The summed E-state index contributed by atoms with van der Waals surface area (Å²) in [4.78, 5) is 11.8. The zero-order valence-corrected chi connectivity index (χ0v) is 14.6. The Hall–Kier alpha value is -1.38. The summed E-state index contributed by atoms with van der Waals surface area (Å²) in [5.41, 5.74) is 5.54. The van der Waals surface area contributed by atoms with Gasteiger partial charge in [-0.1, -0.05) is 12.8 Å². The Morgan fingerprint density at radius 1 is 1.22 bits per heavy atom. The SMILES string of the molecule is CS(=O)(=O)Nc1cc(NC(=O)CCCCCCN)ccc1F.Cl. The van der Waals surface area contributed by atoms with Crippen LogP contribution in [0.1, 0.15) is 32.1 Å². The fourth-order valence-corrected chi connectivity index (χ4v) is 2.44. The van der Waals surface area contributed by atoms with E-state index in [0.29, 0.717) is 18.7 Å². The highest BCUT2D eigenvalue weighted by molar-refractivity contribution is 7.92. The van der Waals surface area contributed by atoms with E-state index in [4.69, 9.17) is 5.73 Å². The van der Waals surface area contributed by atoms with Crippen molar-refractivity contribution in [1.29, 1.82) is 0 Å². The molecule has 1 aromatic rings. The van der Waals surface area contributed by atoms with Gasteiger partial charge in [0, 0.05) is 12.1 Å². The number of sulfonamides is 1. The molecule has 1 amide bonds.